The first kappa shape index (κ1) is 19.7. The normalized spacial score (nSPS) is 13.8. The van der Waals surface area contributed by atoms with Gasteiger partial charge in [-0.25, -0.2) is 12.8 Å². The van der Waals surface area contributed by atoms with Crippen molar-refractivity contribution in [3.8, 4) is 11.5 Å². The third kappa shape index (κ3) is 4.50. The van der Waals surface area contributed by atoms with Crippen molar-refractivity contribution < 1.29 is 32.9 Å². The third-order valence-corrected chi connectivity index (χ3v) is 4.88. The molecule has 0 fully saturated rings. The topological polar surface area (TPSA) is 124 Å². The molecule has 0 bridgehead atoms. The average molecular weight is 383 g/mol. The molecular weight excluding hydrogens is 365 g/mol. The molecule has 0 heterocycles. The zero-order valence-corrected chi connectivity index (χ0v) is 14.6. The van der Waals surface area contributed by atoms with Crippen LogP contribution in [0.4, 0.5) is 4.39 Å². The molecule has 2 aromatic carbocycles. The van der Waals surface area contributed by atoms with Crippen molar-refractivity contribution in [1.29, 1.82) is 0 Å². The van der Waals surface area contributed by atoms with E-state index in [4.69, 9.17) is 0 Å². The molecule has 0 radical (unpaired) electrons. The minimum atomic E-state index is -3.40. The Morgan fingerprint density at radius 2 is 1.73 bits per heavy atom. The fourth-order valence-electron chi connectivity index (χ4n) is 2.26. The van der Waals surface area contributed by atoms with E-state index < -0.39 is 46.1 Å². The number of hydrogen-bond acceptors (Lipinski definition) is 6. The molecule has 0 saturated heterocycles. The van der Waals surface area contributed by atoms with Gasteiger partial charge in [0.15, 0.2) is 21.3 Å². The molecule has 1 amide bonds. The standard InChI is InChI=1S/C17H18FNO6S/c1-26(24,25)12-5-2-10(3-6-12)16(22)13(9-18)19-17(23)11-4-7-14(20)15(21)8-11/h2-8,13,16,20-22H,9H2,1H3,(H,19,23)/t13?,16-/m0/s1. The van der Waals surface area contributed by atoms with Gasteiger partial charge in [-0.15, -0.1) is 0 Å². The second kappa shape index (κ2) is 7.71. The Hall–Kier alpha value is -2.65. The molecule has 0 aliphatic heterocycles. The predicted molar refractivity (Wildman–Crippen MR) is 91.5 cm³/mol. The van der Waals surface area contributed by atoms with Crippen LogP contribution in [0.5, 0.6) is 11.5 Å². The first-order chi connectivity index (χ1) is 12.1. The average Bonchev–Trinajstić information content (AvgIpc) is 2.60. The third-order valence-electron chi connectivity index (χ3n) is 3.75. The van der Waals surface area contributed by atoms with E-state index in [0.717, 1.165) is 18.4 Å². The van der Waals surface area contributed by atoms with Crippen LogP contribution in [0.2, 0.25) is 0 Å². The fourth-order valence-corrected chi connectivity index (χ4v) is 2.89. The van der Waals surface area contributed by atoms with E-state index in [-0.39, 0.29) is 16.0 Å². The number of phenolic OH excluding ortho intramolecular Hbond substituents is 2. The van der Waals surface area contributed by atoms with Crippen LogP contribution >= 0.6 is 0 Å². The summed E-state index contributed by atoms with van der Waals surface area (Å²) in [6.07, 6.45) is -0.376. The molecule has 0 aromatic heterocycles. The minimum absolute atomic E-state index is 0.0293. The quantitative estimate of drug-likeness (QED) is 0.558. The van der Waals surface area contributed by atoms with E-state index in [1.807, 2.05) is 0 Å². The molecule has 2 aromatic rings. The lowest BCUT2D eigenvalue weighted by Crippen LogP contribution is -2.41. The van der Waals surface area contributed by atoms with Crippen LogP contribution in [0.1, 0.15) is 22.0 Å². The number of sulfone groups is 1. The van der Waals surface area contributed by atoms with Gasteiger partial charge in [-0.3, -0.25) is 4.79 Å². The van der Waals surface area contributed by atoms with Crippen LogP contribution in [-0.4, -0.2) is 48.6 Å². The Morgan fingerprint density at radius 3 is 2.23 bits per heavy atom. The smallest absolute Gasteiger partial charge is 0.251 e. The van der Waals surface area contributed by atoms with Gasteiger partial charge < -0.3 is 20.6 Å². The van der Waals surface area contributed by atoms with Crippen molar-refractivity contribution in [2.24, 2.45) is 0 Å². The second-order valence-corrected chi connectivity index (χ2v) is 7.74. The van der Waals surface area contributed by atoms with Crippen molar-refractivity contribution in [3.05, 3.63) is 53.6 Å². The summed E-state index contributed by atoms with van der Waals surface area (Å²) in [5, 5.41) is 31.2. The predicted octanol–water partition coefficient (Wildman–Crippen LogP) is 1.30. The van der Waals surface area contributed by atoms with Gasteiger partial charge in [0.2, 0.25) is 0 Å². The number of benzene rings is 2. The number of aliphatic hydroxyl groups excluding tert-OH is 1. The number of aliphatic hydroxyl groups is 1. The van der Waals surface area contributed by atoms with Crippen LogP contribution in [0, 0.1) is 0 Å². The first-order valence-corrected chi connectivity index (χ1v) is 9.39. The van der Waals surface area contributed by atoms with Gasteiger partial charge in [0, 0.05) is 11.8 Å². The van der Waals surface area contributed by atoms with Gasteiger partial charge in [0.1, 0.15) is 12.8 Å². The van der Waals surface area contributed by atoms with Crippen LogP contribution in [-0.2, 0) is 9.84 Å². The van der Waals surface area contributed by atoms with Crippen molar-refractivity contribution in [3.63, 3.8) is 0 Å². The summed E-state index contributed by atoms with van der Waals surface area (Å²) in [5.74, 6) is -1.67. The molecule has 26 heavy (non-hydrogen) atoms. The number of halogens is 1. The molecule has 7 nitrogen and oxygen atoms in total. The maximum atomic E-state index is 13.3. The van der Waals surface area contributed by atoms with E-state index >= 15 is 0 Å². The molecule has 1 unspecified atom stereocenters. The lowest BCUT2D eigenvalue weighted by Gasteiger charge is -2.22. The monoisotopic (exact) mass is 383 g/mol. The largest absolute Gasteiger partial charge is 0.504 e. The van der Waals surface area contributed by atoms with Crippen molar-refractivity contribution >= 4 is 15.7 Å². The number of hydrogen-bond donors (Lipinski definition) is 4. The van der Waals surface area contributed by atoms with E-state index in [2.05, 4.69) is 5.32 Å². The lowest BCUT2D eigenvalue weighted by atomic mass is 10.0. The van der Waals surface area contributed by atoms with Crippen LogP contribution in [0.25, 0.3) is 0 Å². The van der Waals surface area contributed by atoms with Crippen LogP contribution < -0.4 is 5.32 Å². The zero-order chi connectivity index (χ0) is 19.5. The number of alkyl halides is 1. The number of aromatic hydroxyl groups is 2. The van der Waals surface area contributed by atoms with Gasteiger partial charge in [-0.1, -0.05) is 12.1 Å². The molecule has 2 atom stereocenters. The van der Waals surface area contributed by atoms with E-state index in [9.17, 15) is 32.9 Å². The number of amides is 1. The Kier molecular flexibility index (Phi) is 5.83. The van der Waals surface area contributed by atoms with Gasteiger partial charge in [-0.05, 0) is 35.9 Å². The highest BCUT2D eigenvalue weighted by Crippen LogP contribution is 2.25. The summed E-state index contributed by atoms with van der Waals surface area (Å²) in [5.41, 5.74) is 0.201. The Morgan fingerprint density at radius 1 is 1.12 bits per heavy atom. The van der Waals surface area contributed by atoms with E-state index in [1.54, 1.807) is 0 Å². The highest BCUT2D eigenvalue weighted by molar-refractivity contribution is 7.90. The molecule has 9 heteroatoms. The molecule has 0 aliphatic carbocycles. The molecule has 140 valence electrons. The summed E-state index contributed by atoms with van der Waals surface area (Å²) < 4.78 is 36.2. The first-order valence-electron chi connectivity index (χ1n) is 7.50. The maximum absolute atomic E-state index is 13.3. The van der Waals surface area contributed by atoms with Gasteiger partial charge in [0.25, 0.3) is 5.91 Å². The molecule has 0 aliphatic rings. The highest BCUT2D eigenvalue weighted by atomic mass is 32.2. The Balaban J connectivity index is 2.16. The van der Waals surface area contributed by atoms with E-state index in [0.29, 0.717) is 0 Å². The van der Waals surface area contributed by atoms with Gasteiger partial charge >= 0.3 is 0 Å². The summed E-state index contributed by atoms with van der Waals surface area (Å²) >= 11 is 0. The molecule has 4 N–H and O–H groups in total. The Bertz CT molecular complexity index is 898. The highest BCUT2D eigenvalue weighted by Gasteiger charge is 2.24. The lowest BCUT2D eigenvalue weighted by molar-refractivity contribution is 0.0791. The number of phenols is 2. The van der Waals surface area contributed by atoms with Crippen LogP contribution in [0.3, 0.4) is 0 Å². The summed E-state index contributed by atoms with van der Waals surface area (Å²) in [4.78, 5) is 12.2. The van der Waals surface area contributed by atoms with Gasteiger partial charge in [0.05, 0.1) is 10.9 Å². The Labute approximate surface area is 149 Å². The SMILES string of the molecule is CS(=O)(=O)c1ccc([C@H](O)C(CF)NC(=O)c2ccc(O)c(O)c2)cc1. The van der Waals surface area contributed by atoms with Crippen LogP contribution in [0.15, 0.2) is 47.4 Å². The number of rotatable bonds is 6. The summed E-state index contributed by atoms with van der Waals surface area (Å²) in [6.45, 7) is -1.08. The molecule has 0 saturated carbocycles. The zero-order valence-electron chi connectivity index (χ0n) is 13.8. The molecule has 2 rings (SSSR count). The fraction of sp³-hybridized carbons (Fsp3) is 0.235. The number of nitrogens with one attached hydrogen (secondary N) is 1. The van der Waals surface area contributed by atoms with Gasteiger partial charge in [-0.2, -0.15) is 0 Å². The summed E-state index contributed by atoms with van der Waals surface area (Å²) in [7, 11) is -3.40. The maximum Gasteiger partial charge on any atom is 0.251 e. The van der Waals surface area contributed by atoms with Crippen molar-refractivity contribution in [2.45, 2.75) is 17.0 Å². The second-order valence-electron chi connectivity index (χ2n) is 5.72. The summed E-state index contributed by atoms with van der Waals surface area (Å²) in [6, 6.07) is 7.29. The molecular formula is C17H18FNO6S. The van der Waals surface area contributed by atoms with Crippen molar-refractivity contribution in [1.82, 2.24) is 5.32 Å². The number of carbonyl (C=O) groups is 1. The minimum Gasteiger partial charge on any atom is -0.504 e. The van der Waals surface area contributed by atoms with E-state index in [1.165, 1.54) is 30.3 Å². The van der Waals surface area contributed by atoms with Crippen molar-refractivity contribution in [2.75, 3.05) is 12.9 Å². The molecule has 0 spiro atoms. The number of carbonyl (C=O) groups excluding carboxylic acids is 1.